The average molecular weight is 274 g/mol. The van der Waals surface area contributed by atoms with E-state index in [2.05, 4.69) is 35.2 Å². The Labute approximate surface area is 121 Å². The van der Waals surface area contributed by atoms with Crippen LogP contribution in [-0.2, 0) is 0 Å². The van der Waals surface area contributed by atoms with E-state index in [1.165, 1.54) is 18.4 Å². The Morgan fingerprint density at radius 3 is 2.50 bits per heavy atom. The summed E-state index contributed by atoms with van der Waals surface area (Å²) in [7, 11) is 0. The number of benzene rings is 1. The third kappa shape index (κ3) is 2.90. The first-order chi connectivity index (χ1) is 9.70. The summed E-state index contributed by atoms with van der Waals surface area (Å²) < 4.78 is 0. The van der Waals surface area contributed by atoms with E-state index in [0.717, 1.165) is 39.0 Å². The second-order valence-electron chi connectivity index (χ2n) is 6.64. The van der Waals surface area contributed by atoms with Crippen molar-refractivity contribution in [3.05, 3.63) is 35.9 Å². The summed E-state index contributed by atoms with van der Waals surface area (Å²) >= 11 is 0. The minimum absolute atomic E-state index is 0.440. The summed E-state index contributed by atoms with van der Waals surface area (Å²) in [6, 6.07) is 10.7. The van der Waals surface area contributed by atoms with Crippen LogP contribution in [0.4, 0.5) is 0 Å². The highest BCUT2D eigenvalue weighted by Crippen LogP contribution is 2.36. The second-order valence-corrected chi connectivity index (χ2v) is 6.64. The highest BCUT2D eigenvalue weighted by molar-refractivity contribution is 5.22. The molecule has 1 heterocycles. The Kier molecular flexibility index (Phi) is 4.11. The van der Waals surface area contributed by atoms with Gasteiger partial charge in [-0.25, -0.2) is 0 Å². The normalized spacial score (nSPS) is 29.9. The van der Waals surface area contributed by atoms with Crippen molar-refractivity contribution in [2.75, 3.05) is 26.2 Å². The Morgan fingerprint density at radius 2 is 1.85 bits per heavy atom. The summed E-state index contributed by atoms with van der Waals surface area (Å²) in [6.07, 6.45) is 4.28. The van der Waals surface area contributed by atoms with E-state index in [4.69, 9.17) is 5.73 Å². The van der Waals surface area contributed by atoms with Crippen molar-refractivity contribution < 1.29 is 5.11 Å². The van der Waals surface area contributed by atoms with Crippen LogP contribution in [0.5, 0.6) is 0 Å². The van der Waals surface area contributed by atoms with E-state index < -0.39 is 5.60 Å². The molecule has 3 N–H and O–H groups in total. The Balaban J connectivity index is 1.68. The van der Waals surface area contributed by atoms with Crippen LogP contribution in [-0.4, -0.2) is 41.8 Å². The number of hydrogen-bond donors (Lipinski definition) is 2. The van der Waals surface area contributed by atoms with Crippen molar-refractivity contribution in [1.82, 2.24) is 4.90 Å². The Bertz CT molecular complexity index is 428. The van der Waals surface area contributed by atoms with Gasteiger partial charge in [0.1, 0.15) is 0 Å². The van der Waals surface area contributed by atoms with Gasteiger partial charge in [0.05, 0.1) is 5.60 Å². The zero-order valence-electron chi connectivity index (χ0n) is 12.2. The van der Waals surface area contributed by atoms with E-state index in [9.17, 15) is 5.11 Å². The summed E-state index contributed by atoms with van der Waals surface area (Å²) in [5.74, 6) is 1.04. The van der Waals surface area contributed by atoms with E-state index >= 15 is 0 Å². The van der Waals surface area contributed by atoms with Crippen LogP contribution in [0.1, 0.15) is 37.2 Å². The van der Waals surface area contributed by atoms with Crippen LogP contribution < -0.4 is 5.73 Å². The van der Waals surface area contributed by atoms with Gasteiger partial charge in [-0.15, -0.1) is 0 Å². The molecule has 1 aliphatic heterocycles. The lowest BCUT2D eigenvalue weighted by Gasteiger charge is -2.28. The molecular weight excluding hydrogens is 248 g/mol. The highest BCUT2D eigenvalue weighted by Gasteiger charge is 2.38. The van der Waals surface area contributed by atoms with Crippen molar-refractivity contribution in [2.24, 2.45) is 11.7 Å². The Morgan fingerprint density at radius 1 is 1.15 bits per heavy atom. The number of β-amino-alcohol motifs (C(OH)–C–C–N with tert-alkyl or cyclic N) is 1. The molecular formula is C17H26N2O. The fourth-order valence-corrected chi connectivity index (χ4v) is 4.01. The molecule has 20 heavy (non-hydrogen) atoms. The van der Waals surface area contributed by atoms with Crippen LogP contribution in [0.25, 0.3) is 0 Å². The molecule has 1 saturated heterocycles. The van der Waals surface area contributed by atoms with Gasteiger partial charge in [-0.2, -0.15) is 0 Å². The lowest BCUT2D eigenvalue weighted by molar-refractivity contribution is 0.0147. The van der Waals surface area contributed by atoms with Gasteiger partial charge in [0, 0.05) is 25.6 Å². The molecule has 1 aromatic carbocycles. The third-order valence-electron chi connectivity index (χ3n) is 5.10. The first kappa shape index (κ1) is 14.1. The van der Waals surface area contributed by atoms with Crippen molar-refractivity contribution in [3.8, 4) is 0 Å². The predicted molar refractivity (Wildman–Crippen MR) is 81.6 cm³/mol. The number of aliphatic hydroxyl groups is 1. The molecule has 0 radical (unpaired) electrons. The van der Waals surface area contributed by atoms with Gasteiger partial charge in [0.25, 0.3) is 0 Å². The highest BCUT2D eigenvalue weighted by atomic mass is 16.3. The molecule has 0 aromatic heterocycles. The van der Waals surface area contributed by atoms with Gasteiger partial charge in [-0.05, 0) is 30.9 Å². The molecule has 1 aliphatic carbocycles. The number of nitrogens with zero attached hydrogens (tertiary/aromatic N) is 1. The molecule has 2 atom stereocenters. The van der Waals surface area contributed by atoms with Gasteiger partial charge in [0.15, 0.2) is 0 Å². The van der Waals surface area contributed by atoms with Crippen molar-refractivity contribution in [1.29, 1.82) is 0 Å². The van der Waals surface area contributed by atoms with Crippen LogP contribution >= 0.6 is 0 Å². The Hall–Kier alpha value is -0.900. The number of nitrogens with two attached hydrogens (primary N) is 1. The van der Waals surface area contributed by atoms with Gasteiger partial charge in [-0.3, -0.25) is 4.90 Å². The van der Waals surface area contributed by atoms with Crippen LogP contribution in [0.2, 0.25) is 0 Å². The number of likely N-dealkylation sites (tertiary alicyclic amines) is 1. The predicted octanol–water partition coefficient (Wildman–Crippen LogP) is 1.97. The van der Waals surface area contributed by atoms with Gasteiger partial charge < -0.3 is 10.8 Å². The zero-order chi connectivity index (χ0) is 14.0. The molecule has 2 fully saturated rings. The van der Waals surface area contributed by atoms with Gasteiger partial charge >= 0.3 is 0 Å². The van der Waals surface area contributed by atoms with E-state index in [-0.39, 0.29) is 0 Å². The standard InChI is InChI=1S/C17H26N2O/c18-10-15-11-19(13-17(20)8-4-5-9-17)12-16(15)14-6-2-1-3-7-14/h1-3,6-7,15-16,20H,4-5,8-13,18H2/t15-,16+/m1/s1. The molecule has 1 saturated carbocycles. The van der Waals surface area contributed by atoms with Crippen molar-refractivity contribution in [3.63, 3.8) is 0 Å². The maximum atomic E-state index is 10.6. The van der Waals surface area contributed by atoms with Crippen LogP contribution in [0, 0.1) is 5.92 Å². The lowest BCUT2D eigenvalue weighted by Crippen LogP contribution is -2.40. The minimum Gasteiger partial charge on any atom is -0.389 e. The van der Waals surface area contributed by atoms with Crippen molar-refractivity contribution >= 4 is 0 Å². The maximum absolute atomic E-state index is 10.6. The molecule has 3 heteroatoms. The summed E-state index contributed by atoms with van der Waals surface area (Å²) in [6.45, 7) is 3.62. The lowest BCUT2D eigenvalue weighted by atomic mass is 9.89. The monoisotopic (exact) mass is 274 g/mol. The first-order valence-electron chi connectivity index (χ1n) is 7.90. The molecule has 3 rings (SSSR count). The van der Waals surface area contributed by atoms with Crippen LogP contribution in [0.3, 0.4) is 0 Å². The average Bonchev–Trinajstić information content (AvgIpc) is 3.06. The number of hydrogen-bond acceptors (Lipinski definition) is 3. The largest absolute Gasteiger partial charge is 0.389 e. The molecule has 0 amide bonds. The van der Waals surface area contributed by atoms with Crippen molar-refractivity contribution in [2.45, 2.75) is 37.2 Å². The maximum Gasteiger partial charge on any atom is 0.0774 e. The zero-order valence-corrected chi connectivity index (χ0v) is 12.2. The third-order valence-corrected chi connectivity index (χ3v) is 5.10. The van der Waals surface area contributed by atoms with Gasteiger partial charge in [-0.1, -0.05) is 43.2 Å². The second kappa shape index (κ2) is 5.84. The molecule has 2 aliphatic rings. The first-order valence-corrected chi connectivity index (χ1v) is 7.90. The van der Waals surface area contributed by atoms with E-state index in [0.29, 0.717) is 11.8 Å². The summed E-state index contributed by atoms with van der Waals surface area (Å²) in [5.41, 5.74) is 6.93. The molecule has 0 unspecified atom stereocenters. The smallest absolute Gasteiger partial charge is 0.0774 e. The SMILES string of the molecule is NC[C@@H]1CN(CC2(O)CCCC2)C[C@H]1c1ccccc1. The summed E-state index contributed by atoms with van der Waals surface area (Å²) in [5, 5.41) is 10.6. The van der Waals surface area contributed by atoms with E-state index in [1.54, 1.807) is 0 Å². The minimum atomic E-state index is -0.440. The molecule has 0 bridgehead atoms. The topological polar surface area (TPSA) is 49.5 Å². The quantitative estimate of drug-likeness (QED) is 0.882. The molecule has 110 valence electrons. The fourth-order valence-electron chi connectivity index (χ4n) is 4.01. The molecule has 0 spiro atoms. The fraction of sp³-hybridized carbons (Fsp3) is 0.647. The van der Waals surface area contributed by atoms with Gasteiger partial charge in [0.2, 0.25) is 0 Å². The summed E-state index contributed by atoms with van der Waals surface area (Å²) in [4.78, 5) is 2.43. The number of rotatable bonds is 4. The molecule has 3 nitrogen and oxygen atoms in total. The molecule has 1 aromatic rings. The van der Waals surface area contributed by atoms with E-state index in [1.807, 2.05) is 0 Å². The van der Waals surface area contributed by atoms with Crippen LogP contribution in [0.15, 0.2) is 30.3 Å².